The van der Waals surface area contributed by atoms with Crippen molar-refractivity contribution in [3.05, 3.63) is 88.7 Å². The molecule has 1 saturated carbocycles. The molecule has 1 atom stereocenters. The fourth-order valence-electron chi connectivity index (χ4n) is 5.05. The highest BCUT2D eigenvalue weighted by Gasteiger charge is 2.17. The molecule has 0 aliphatic heterocycles. The molecular formula is C30H34FNO3. The molecule has 4 rings (SSSR count). The molecule has 3 N–H and O–H groups in total. The Kier molecular flexibility index (Phi) is 8.19. The Morgan fingerprint density at radius 1 is 1.09 bits per heavy atom. The third kappa shape index (κ3) is 6.49. The van der Waals surface area contributed by atoms with E-state index in [2.05, 4.69) is 12.1 Å². The van der Waals surface area contributed by atoms with Gasteiger partial charge in [0.25, 0.3) is 0 Å². The Bertz CT molecular complexity index is 1170. The number of ether oxygens (including phenoxy) is 1. The van der Waals surface area contributed by atoms with E-state index in [1.807, 2.05) is 18.2 Å². The van der Waals surface area contributed by atoms with E-state index in [0.29, 0.717) is 22.4 Å². The molecule has 0 heterocycles. The maximum Gasteiger partial charge on any atom is 0.307 e. The number of nitrogens with two attached hydrogens (primary N) is 1. The van der Waals surface area contributed by atoms with Crippen LogP contribution in [-0.2, 0) is 24.2 Å². The molecule has 1 fully saturated rings. The van der Waals surface area contributed by atoms with E-state index in [1.165, 1.54) is 25.7 Å². The number of carbonyl (C=O) groups is 1. The zero-order chi connectivity index (χ0) is 24.8. The van der Waals surface area contributed by atoms with Gasteiger partial charge < -0.3 is 15.6 Å². The van der Waals surface area contributed by atoms with Gasteiger partial charge >= 0.3 is 5.97 Å². The van der Waals surface area contributed by atoms with Gasteiger partial charge in [-0.05, 0) is 54.5 Å². The van der Waals surface area contributed by atoms with Crippen molar-refractivity contribution >= 4 is 5.97 Å². The first-order valence-electron chi connectivity index (χ1n) is 12.5. The van der Waals surface area contributed by atoms with Gasteiger partial charge in [0.05, 0.1) is 6.42 Å². The molecule has 0 bridgehead atoms. The second-order valence-electron chi connectivity index (χ2n) is 9.69. The minimum absolute atomic E-state index is 0.0991. The molecule has 0 radical (unpaired) electrons. The molecular weight excluding hydrogens is 441 g/mol. The molecule has 3 aromatic carbocycles. The number of hydrogen-bond acceptors (Lipinski definition) is 3. The minimum Gasteiger partial charge on any atom is -0.489 e. The van der Waals surface area contributed by atoms with Crippen molar-refractivity contribution in [1.82, 2.24) is 0 Å². The van der Waals surface area contributed by atoms with Crippen molar-refractivity contribution in [2.75, 3.05) is 0 Å². The minimum atomic E-state index is -0.901. The number of aliphatic carboxylic acids is 1. The van der Waals surface area contributed by atoms with Gasteiger partial charge in [-0.2, -0.15) is 0 Å². The van der Waals surface area contributed by atoms with E-state index in [-0.39, 0.29) is 18.8 Å². The summed E-state index contributed by atoms with van der Waals surface area (Å²) in [5.41, 5.74) is 10.6. The zero-order valence-corrected chi connectivity index (χ0v) is 20.3. The Hall–Kier alpha value is -3.18. The second kappa shape index (κ2) is 11.5. The van der Waals surface area contributed by atoms with Gasteiger partial charge in [-0.1, -0.05) is 74.2 Å². The largest absolute Gasteiger partial charge is 0.489 e. The van der Waals surface area contributed by atoms with Crippen molar-refractivity contribution in [2.24, 2.45) is 11.7 Å². The molecule has 0 aromatic heterocycles. The fourth-order valence-corrected chi connectivity index (χ4v) is 5.05. The number of rotatable bonds is 10. The van der Waals surface area contributed by atoms with Crippen molar-refractivity contribution in [1.29, 1.82) is 0 Å². The van der Waals surface area contributed by atoms with Gasteiger partial charge in [-0.25, -0.2) is 4.39 Å². The molecule has 0 amide bonds. The highest BCUT2D eigenvalue weighted by Crippen LogP contribution is 2.32. The average Bonchev–Trinajstić information content (AvgIpc) is 3.35. The number of halogens is 1. The Morgan fingerprint density at radius 2 is 1.83 bits per heavy atom. The molecule has 0 saturated heterocycles. The Labute approximate surface area is 206 Å². The topological polar surface area (TPSA) is 72.5 Å². The predicted octanol–water partition coefficient (Wildman–Crippen LogP) is 6.84. The van der Waals surface area contributed by atoms with Crippen LogP contribution in [0.25, 0.3) is 11.1 Å². The lowest BCUT2D eigenvalue weighted by molar-refractivity contribution is -0.136. The Morgan fingerprint density at radius 3 is 2.57 bits per heavy atom. The molecule has 1 aliphatic rings. The van der Waals surface area contributed by atoms with Crippen LogP contribution >= 0.6 is 0 Å². The summed E-state index contributed by atoms with van der Waals surface area (Å²) in [6.07, 6.45) is 7.19. The first-order valence-corrected chi connectivity index (χ1v) is 12.5. The number of hydrogen-bond donors (Lipinski definition) is 2. The van der Waals surface area contributed by atoms with Crippen LogP contribution in [0.2, 0.25) is 0 Å². The fraction of sp³-hybridized carbons (Fsp3) is 0.367. The quantitative estimate of drug-likeness (QED) is 0.337. The van der Waals surface area contributed by atoms with Crippen LogP contribution in [0, 0.1) is 11.7 Å². The number of carboxylic acid groups (broad SMARTS) is 1. The molecule has 35 heavy (non-hydrogen) atoms. The SMILES string of the molecule is C[C@H](N)c1cccc(-c2cc(CCC3CCCC3)cc(COc3ccccc3CC(=O)O)c2)c1F. The summed E-state index contributed by atoms with van der Waals surface area (Å²) in [5.74, 6) is 0.133. The summed E-state index contributed by atoms with van der Waals surface area (Å²) in [4.78, 5) is 11.2. The van der Waals surface area contributed by atoms with Crippen LogP contribution < -0.4 is 10.5 Å². The summed E-state index contributed by atoms with van der Waals surface area (Å²) in [7, 11) is 0. The van der Waals surface area contributed by atoms with Crippen molar-refractivity contribution in [3.63, 3.8) is 0 Å². The van der Waals surface area contributed by atoms with Crippen molar-refractivity contribution in [2.45, 2.75) is 64.5 Å². The number of aryl methyl sites for hydroxylation is 1. The molecule has 1 aliphatic carbocycles. The maximum absolute atomic E-state index is 15.4. The summed E-state index contributed by atoms with van der Waals surface area (Å²) in [6, 6.07) is 18.3. The van der Waals surface area contributed by atoms with E-state index in [9.17, 15) is 9.90 Å². The first-order chi connectivity index (χ1) is 16.9. The summed E-state index contributed by atoms with van der Waals surface area (Å²) >= 11 is 0. The monoisotopic (exact) mass is 475 g/mol. The standard InChI is InChI=1S/C30H34FNO3/c1-20(32)26-10-6-11-27(30(26)31)25-16-22(14-13-21-7-2-3-8-21)15-23(17-25)19-35-28-12-5-4-9-24(28)18-29(33)34/h4-6,9-12,15-17,20-21H,2-3,7-8,13-14,18-19,32H2,1H3,(H,33,34)/t20-/m0/s1. The van der Waals surface area contributed by atoms with E-state index in [1.54, 1.807) is 37.3 Å². The van der Waals surface area contributed by atoms with Gasteiger partial charge in [-0.15, -0.1) is 0 Å². The normalized spacial score (nSPS) is 14.7. The average molecular weight is 476 g/mol. The van der Waals surface area contributed by atoms with Crippen LogP contribution in [0.4, 0.5) is 4.39 Å². The number of para-hydroxylation sites is 1. The Balaban J connectivity index is 1.63. The van der Waals surface area contributed by atoms with Crippen LogP contribution in [0.15, 0.2) is 60.7 Å². The predicted molar refractivity (Wildman–Crippen MR) is 137 cm³/mol. The highest BCUT2D eigenvalue weighted by molar-refractivity contribution is 5.71. The number of benzene rings is 3. The van der Waals surface area contributed by atoms with Gasteiger partial charge in [0.15, 0.2) is 0 Å². The van der Waals surface area contributed by atoms with Gasteiger partial charge in [0.2, 0.25) is 0 Å². The van der Waals surface area contributed by atoms with E-state index in [4.69, 9.17) is 10.5 Å². The van der Waals surface area contributed by atoms with E-state index >= 15 is 4.39 Å². The van der Waals surface area contributed by atoms with E-state index < -0.39 is 12.0 Å². The maximum atomic E-state index is 15.4. The number of carboxylic acids is 1. The van der Waals surface area contributed by atoms with Crippen LogP contribution in [-0.4, -0.2) is 11.1 Å². The highest BCUT2D eigenvalue weighted by atomic mass is 19.1. The van der Waals surface area contributed by atoms with Crippen molar-refractivity contribution in [3.8, 4) is 16.9 Å². The molecule has 184 valence electrons. The molecule has 3 aromatic rings. The summed E-state index contributed by atoms with van der Waals surface area (Å²) in [5, 5.41) is 9.21. The van der Waals surface area contributed by atoms with Gasteiger partial charge in [0, 0.05) is 22.7 Å². The molecule has 0 unspecified atom stereocenters. The van der Waals surface area contributed by atoms with Gasteiger partial charge in [0.1, 0.15) is 18.2 Å². The van der Waals surface area contributed by atoms with Crippen LogP contribution in [0.5, 0.6) is 5.75 Å². The van der Waals surface area contributed by atoms with E-state index in [0.717, 1.165) is 35.4 Å². The van der Waals surface area contributed by atoms with Crippen LogP contribution in [0.3, 0.4) is 0 Å². The lowest BCUT2D eigenvalue weighted by Gasteiger charge is -2.16. The van der Waals surface area contributed by atoms with Crippen molar-refractivity contribution < 1.29 is 19.0 Å². The second-order valence-corrected chi connectivity index (χ2v) is 9.69. The zero-order valence-electron chi connectivity index (χ0n) is 20.3. The third-order valence-electron chi connectivity index (χ3n) is 6.91. The molecule has 4 nitrogen and oxygen atoms in total. The first kappa shape index (κ1) is 24.9. The molecule has 5 heteroatoms. The summed E-state index contributed by atoms with van der Waals surface area (Å²) < 4.78 is 21.4. The summed E-state index contributed by atoms with van der Waals surface area (Å²) in [6.45, 7) is 2.06. The lowest BCUT2D eigenvalue weighted by Crippen LogP contribution is -2.08. The van der Waals surface area contributed by atoms with Gasteiger partial charge in [-0.3, -0.25) is 4.79 Å². The smallest absolute Gasteiger partial charge is 0.307 e. The third-order valence-corrected chi connectivity index (χ3v) is 6.91. The molecule has 0 spiro atoms. The van der Waals surface area contributed by atoms with Crippen LogP contribution in [0.1, 0.15) is 67.3 Å². The lowest BCUT2D eigenvalue weighted by atomic mass is 9.93.